The van der Waals surface area contributed by atoms with Crippen molar-refractivity contribution in [2.45, 2.75) is 13.3 Å². The number of carbonyl (C=O) groups excluding carboxylic acids is 1. The van der Waals surface area contributed by atoms with Gasteiger partial charge in [-0.2, -0.15) is 0 Å². The smallest absolute Gasteiger partial charge is 0.186 e. The van der Waals surface area contributed by atoms with Crippen LogP contribution in [-0.2, 0) is 6.42 Å². The zero-order valence-electron chi connectivity index (χ0n) is 10.9. The molecule has 100 valence electrons. The van der Waals surface area contributed by atoms with Gasteiger partial charge < -0.3 is 0 Å². The average Bonchev–Trinajstić information content (AvgIpc) is 2.84. The first kappa shape index (κ1) is 13.5. The minimum atomic E-state index is 0.0632. The summed E-state index contributed by atoms with van der Waals surface area (Å²) in [5, 5.41) is 3.09. The summed E-state index contributed by atoms with van der Waals surface area (Å²) < 4.78 is 1.02. The molecular formula is C16H12BrNOS. The molecule has 0 N–H and O–H groups in total. The molecule has 1 aromatic carbocycles. The maximum atomic E-state index is 12.3. The molecule has 0 bridgehead atoms. The summed E-state index contributed by atoms with van der Waals surface area (Å²) in [5.41, 5.74) is 2.51. The molecule has 0 atom stereocenters. The number of Topliss-reactive ketones (excluding diaryl/α,β-unsaturated/α-hetero) is 1. The molecule has 3 aromatic rings. The summed E-state index contributed by atoms with van der Waals surface area (Å²) in [5.74, 6) is 0.0632. The number of aryl methyl sites for hydroxylation is 1. The zero-order valence-corrected chi connectivity index (χ0v) is 13.3. The SMILES string of the molecule is Cc1cc(C(=O)Cc2cc(Br)cs2)nc2ccccc12. The molecule has 20 heavy (non-hydrogen) atoms. The summed E-state index contributed by atoms with van der Waals surface area (Å²) in [6, 6.07) is 11.8. The minimum absolute atomic E-state index is 0.0632. The molecule has 0 fully saturated rings. The van der Waals surface area contributed by atoms with Crippen molar-refractivity contribution in [1.82, 2.24) is 4.98 Å². The van der Waals surface area contributed by atoms with Crippen LogP contribution in [0.3, 0.4) is 0 Å². The molecule has 2 aromatic heterocycles. The van der Waals surface area contributed by atoms with Gasteiger partial charge >= 0.3 is 0 Å². The molecule has 0 unspecified atom stereocenters. The van der Waals surface area contributed by atoms with Crippen molar-refractivity contribution in [3.05, 3.63) is 62.4 Å². The molecular weight excluding hydrogens is 334 g/mol. The lowest BCUT2D eigenvalue weighted by atomic mass is 10.1. The van der Waals surface area contributed by atoms with Crippen molar-refractivity contribution < 1.29 is 4.79 Å². The molecule has 3 rings (SSSR count). The Hall–Kier alpha value is -1.52. The van der Waals surface area contributed by atoms with Gasteiger partial charge in [0.2, 0.25) is 0 Å². The molecule has 2 heterocycles. The number of fused-ring (bicyclic) bond motifs is 1. The Balaban J connectivity index is 1.95. The lowest BCUT2D eigenvalue weighted by Gasteiger charge is -2.05. The maximum Gasteiger partial charge on any atom is 0.186 e. The van der Waals surface area contributed by atoms with E-state index in [1.807, 2.05) is 48.7 Å². The van der Waals surface area contributed by atoms with E-state index in [0.717, 1.165) is 25.8 Å². The van der Waals surface area contributed by atoms with Crippen molar-refractivity contribution in [2.24, 2.45) is 0 Å². The summed E-state index contributed by atoms with van der Waals surface area (Å²) in [7, 11) is 0. The van der Waals surface area contributed by atoms with E-state index in [0.29, 0.717) is 12.1 Å². The summed E-state index contributed by atoms with van der Waals surface area (Å²) in [4.78, 5) is 17.9. The lowest BCUT2D eigenvalue weighted by molar-refractivity contribution is 0.0989. The Morgan fingerprint density at radius 2 is 2.10 bits per heavy atom. The van der Waals surface area contributed by atoms with E-state index in [9.17, 15) is 4.79 Å². The van der Waals surface area contributed by atoms with Crippen LogP contribution in [0.1, 0.15) is 20.9 Å². The zero-order chi connectivity index (χ0) is 14.1. The number of aromatic nitrogens is 1. The van der Waals surface area contributed by atoms with E-state index in [1.165, 1.54) is 0 Å². The number of carbonyl (C=O) groups is 1. The number of para-hydroxylation sites is 1. The normalized spacial score (nSPS) is 10.9. The molecule has 0 amide bonds. The third-order valence-electron chi connectivity index (χ3n) is 3.17. The predicted octanol–water partition coefficient (Wildman–Crippen LogP) is 4.79. The van der Waals surface area contributed by atoms with Gasteiger partial charge in [-0.05, 0) is 46.6 Å². The fourth-order valence-electron chi connectivity index (χ4n) is 2.19. The number of pyridine rings is 1. The fourth-order valence-corrected chi connectivity index (χ4v) is 3.64. The number of nitrogens with zero attached hydrogens (tertiary/aromatic N) is 1. The van der Waals surface area contributed by atoms with E-state index in [2.05, 4.69) is 20.9 Å². The van der Waals surface area contributed by atoms with Crippen LogP contribution < -0.4 is 0 Å². The first-order chi connectivity index (χ1) is 9.63. The van der Waals surface area contributed by atoms with Crippen molar-refractivity contribution in [1.29, 1.82) is 0 Å². The molecule has 4 heteroatoms. The lowest BCUT2D eigenvalue weighted by Crippen LogP contribution is -2.06. The van der Waals surface area contributed by atoms with Gasteiger partial charge in [0, 0.05) is 26.5 Å². The average molecular weight is 346 g/mol. The Bertz CT molecular complexity index is 794. The number of hydrogen-bond acceptors (Lipinski definition) is 3. The topological polar surface area (TPSA) is 30.0 Å². The fraction of sp³-hybridized carbons (Fsp3) is 0.125. The quantitative estimate of drug-likeness (QED) is 0.638. The number of hydrogen-bond donors (Lipinski definition) is 0. The summed E-state index contributed by atoms with van der Waals surface area (Å²) in [6.07, 6.45) is 0.404. The van der Waals surface area contributed by atoms with E-state index < -0.39 is 0 Å². The van der Waals surface area contributed by atoms with E-state index in [1.54, 1.807) is 11.3 Å². The highest BCUT2D eigenvalue weighted by Crippen LogP contribution is 2.22. The van der Waals surface area contributed by atoms with E-state index in [-0.39, 0.29) is 5.78 Å². The van der Waals surface area contributed by atoms with Crippen LogP contribution in [0.15, 0.2) is 46.3 Å². The third kappa shape index (κ3) is 2.67. The monoisotopic (exact) mass is 345 g/mol. The molecule has 0 spiro atoms. The van der Waals surface area contributed by atoms with Gasteiger partial charge in [-0.3, -0.25) is 4.79 Å². The predicted molar refractivity (Wildman–Crippen MR) is 86.5 cm³/mol. The number of ketones is 1. The summed E-state index contributed by atoms with van der Waals surface area (Å²) >= 11 is 4.99. The Morgan fingerprint density at radius 3 is 2.85 bits per heavy atom. The van der Waals surface area contributed by atoms with Crippen LogP contribution in [0, 0.1) is 6.92 Å². The molecule has 2 nitrogen and oxygen atoms in total. The van der Waals surface area contributed by atoms with Crippen LogP contribution in [0.4, 0.5) is 0 Å². The number of halogens is 1. The Kier molecular flexibility index (Phi) is 3.68. The molecule has 0 aliphatic carbocycles. The first-order valence-electron chi connectivity index (χ1n) is 6.26. The van der Waals surface area contributed by atoms with E-state index >= 15 is 0 Å². The minimum Gasteiger partial charge on any atom is -0.292 e. The summed E-state index contributed by atoms with van der Waals surface area (Å²) in [6.45, 7) is 2.02. The van der Waals surface area contributed by atoms with E-state index in [4.69, 9.17) is 0 Å². The molecule has 0 aliphatic rings. The second-order valence-electron chi connectivity index (χ2n) is 4.67. The molecule has 0 radical (unpaired) electrons. The number of benzene rings is 1. The van der Waals surface area contributed by atoms with Gasteiger partial charge in [0.05, 0.1) is 5.52 Å². The highest BCUT2D eigenvalue weighted by atomic mass is 79.9. The van der Waals surface area contributed by atoms with Gasteiger partial charge in [0.15, 0.2) is 5.78 Å². The largest absolute Gasteiger partial charge is 0.292 e. The maximum absolute atomic E-state index is 12.3. The van der Waals surface area contributed by atoms with Crippen molar-refractivity contribution >= 4 is 44.0 Å². The second-order valence-corrected chi connectivity index (χ2v) is 6.58. The number of thiophene rings is 1. The van der Waals surface area contributed by atoms with Gasteiger partial charge in [-0.1, -0.05) is 18.2 Å². The standard InChI is InChI=1S/C16H12BrNOS/c1-10-6-15(18-14-5-3-2-4-13(10)14)16(19)8-12-7-11(17)9-20-12/h2-7,9H,8H2,1H3. The second kappa shape index (κ2) is 5.46. The molecule has 0 saturated heterocycles. The van der Waals surface area contributed by atoms with Crippen molar-refractivity contribution in [2.75, 3.05) is 0 Å². The van der Waals surface area contributed by atoms with Gasteiger partial charge in [0.1, 0.15) is 5.69 Å². The Morgan fingerprint density at radius 1 is 1.30 bits per heavy atom. The van der Waals surface area contributed by atoms with Gasteiger partial charge in [0.25, 0.3) is 0 Å². The van der Waals surface area contributed by atoms with Gasteiger partial charge in [-0.25, -0.2) is 4.98 Å². The number of rotatable bonds is 3. The third-order valence-corrected chi connectivity index (χ3v) is 4.86. The molecule has 0 saturated carbocycles. The van der Waals surface area contributed by atoms with Crippen molar-refractivity contribution in [3.8, 4) is 0 Å². The molecule has 0 aliphatic heterocycles. The van der Waals surface area contributed by atoms with Crippen LogP contribution >= 0.6 is 27.3 Å². The van der Waals surface area contributed by atoms with Crippen LogP contribution in [0.25, 0.3) is 10.9 Å². The highest BCUT2D eigenvalue weighted by molar-refractivity contribution is 9.10. The Labute approximate surface area is 129 Å². The van der Waals surface area contributed by atoms with Crippen molar-refractivity contribution in [3.63, 3.8) is 0 Å². The van der Waals surface area contributed by atoms with Crippen LogP contribution in [0.5, 0.6) is 0 Å². The highest BCUT2D eigenvalue weighted by Gasteiger charge is 2.12. The van der Waals surface area contributed by atoms with Crippen LogP contribution in [0.2, 0.25) is 0 Å². The van der Waals surface area contributed by atoms with Crippen LogP contribution in [-0.4, -0.2) is 10.8 Å². The van der Waals surface area contributed by atoms with Gasteiger partial charge in [-0.15, -0.1) is 11.3 Å². The first-order valence-corrected chi connectivity index (χ1v) is 7.93.